The summed E-state index contributed by atoms with van der Waals surface area (Å²) in [6.45, 7) is 7.05. The van der Waals surface area contributed by atoms with Gasteiger partial charge in [-0.25, -0.2) is 13.6 Å². The third-order valence-electron chi connectivity index (χ3n) is 2.45. The lowest BCUT2D eigenvalue weighted by molar-refractivity contribution is 0.207. The van der Waals surface area contributed by atoms with Crippen molar-refractivity contribution in [2.24, 2.45) is 5.14 Å². The van der Waals surface area contributed by atoms with E-state index in [9.17, 15) is 13.5 Å². The van der Waals surface area contributed by atoms with Gasteiger partial charge in [0.15, 0.2) is 0 Å². The maximum atomic E-state index is 11.4. The van der Waals surface area contributed by atoms with Gasteiger partial charge in [-0.15, -0.1) is 13.2 Å². The van der Waals surface area contributed by atoms with E-state index in [0.29, 0.717) is 5.56 Å². The number of sulfonamides is 1. The average molecular weight is 253 g/mol. The van der Waals surface area contributed by atoms with E-state index in [1.165, 1.54) is 18.2 Å². The molecule has 0 aromatic heterocycles. The van der Waals surface area contributed by atoms with Gasteiger partial charge < -0.3 is 5.11 Å². The van der Waals surface area contributed by atoms with E-state index in [4.69, 9.17) is 5.14 Å². The molecule has 0 fully saturated rings. The summed E-state index contributed by atoms with van der Waals surface area (Å²) in [5, 5.41) is 14.9. The Morgan fingerprint density at radius 2 is 1.82 bits per heavy atom. The predicted octanol–water partition coefficient (Wildman–Crippen LogP) is 1.15. The minimum absolute atomic E-state index is 0.00852. The van der Waals surface area contributed by atoms with E-state index < -0.39 is 22.0 Å². The Kier molecular flexibility index (Phi) is 4.22. The van der Waals surface area contributed by atoms with Crippen molar-refractivity contribution >= 4 is 10.0 Å². The molecule has 0 spiro atoms. The van der Waals surface area contributed by atoms with Gasteiger partial charge in [0.2, 0.25) is 10.0 Å². The fourth-order valence-electron chi connectivity index (χ4n) is 1.61. The van der Waals surface area contributed by atoms with Gasteiger partial charge >= 0.3 is 0 Å². The highest BCUT2D eigenvalue weighted by molar-refractivity contribution is 7.89. The first-order chi connectivity index (χ1) is 7.91. The van der Waals surface area contributed by atoms with Crippen molar-refractivity contribution in [2.75, 3.05) is 0 Å². The number of rotatable bonds is 5. The summed E-state index contributed by atoms with van der Waals surface area (Å²) >= 11 is 0. The van der Waals surface area contributed by atoms with Crippen molar-refractivity contribution in [1.29, 1.82) is 0 Å². The number of hydrogen-bond donors (Lipinski definition) is 2. The molecule has 4 nitrogen and oxygen atoms in total. The number of primary sulfonamides is 1. The average Bonchev–Trinajstić information content (AvgIpc) is 2.29. The van der Waals surface area contributed by atoms with Crippen molar-refractivity contribution < 1.29 is 13.5 Å². The standard InChI is InChI=1S/C12H15NO3S/c1-3-9(11(14)4-2)10-7-5-6-8-12(10)17(13,15)16/h3-9,11,14H,1-2H2,(H2,13,15,16). The molecule has 0 aliphatic heterocycles. The summed E-state index contributed by atoms with van der Waals surface area (Å²) in [6.07, 6.45) is 1.89. The molecule has 0 aliphatic carbocycles. The third-order valence-corrected chi connectivity index (χ3v) is 3.43. The van der Waals surface area contributed by atoms with Gasteiger partial charge in [-0.2, -0.15) is 0 Å². The van der Waals surface area contributed by atoms with Crippen LogP contribution in [0.4, 0.5) is 0 Å². The molecule has 0 bridgehead atoms. The van der Waals surface area contributed by atoms with E-state index in [0.717, 1.165) is 0 Å². The quantitative estimate of drug-likeness (QED) is 0.772. The van der Waals surface area contributed by atoms with Crippen LogP contribution in [0.25, 0.3) is 0 Å². The summed E-state index contributed by atoms with van der Waals surface area (Å²) in [5.41, 5.74) is 0.414. The molecule has 0 saturated heterocycles. The predicted molar refractivity (Wildman–Crippen MR) is 67.0 cm³/mol. The first-order valence-electron chi connectivity index (χ1n) is 4.96. The molecule has 1 aromatic carbocycles. The van der Waals surface area contributed by atoms with Crippen molar-refractivity contribution in [3.63, 3.8) is 0 Å². The van der Waals surface area contributed by atoms with Crippen molar-refractivity contribution in [1.82, 2.24) is 0 Å². The Morgan fingerprint density at radius 3 is 2.29 bits per heavy atom. The third kappa shape index (κ3) is 3.03. The van der Waals surface area contributed by atoms with Crippen LogP contribution in [-0.2, 0) is 10.0 Å². The fraction of sp³-hybridized carbons (Fsp3) is 0.167. The molecule has 2 unspecified atom stereocenters. The molecular weight excluding hydrogens is 238 g/mol. The second kappa shape index (κ2) is 5.27. The van der Waals surface area contributed by atoms with E-state index in [1.54, 1.807) is 18.2 Å². The second-order valence-electron chi connectivity index (χ2n) is 3.57. The van der Waals surface area contributed by atoms with Gasteiger partial charge in [-0.1, -0.05) is 30.4 Å². The molecule has 0 radical (unpaired) electrons. The summed E-state index contributed by atoms with van der Waals surface area (Å²) in [4.78, 5) is -0.00852. The van der Waals surface area contributed by atoms with Gasteiger partial charge in [0.05, 0.1) is 11.0 Å². The van der Waals surface area contributed by atoms with Crippen LogP contribution in [0.1, 0.15) is 11.5 Å². The second-order valence-corrected chi connectivity index (χ2v) is 5.10. The number of aliphatic hydroxyl groups is 1. The molecule has 0 aliphatic rings. The molecule has 17 heavy (non-hydrogen) atoms. The summed E-state index contributed by atoms with van der Waals surface area (Å²) in [7, 11) is -3.82. The van der Waals surface area contributed by atoms with E-state index in [-0.39, 0.29) is 4.90 Å². The topological polar surface area (TPSA) is 80.4 Å². The minimum atomic E-state index is -3.82. The number of aliphatic hydroxyl groups excluding tert-OH is 1. The van der Waals surface area contributed by atoms with Crippen molar-refractivity contribution in [3.8, 4) is 0 Å². The number of hydrogen-bond acceptors (Lipinski definition) is 3. The lowest BCUT2D eigenvalue weighted by Crippen LogP contribution is -2.20. The highest BCUT2D eigenvalue weighted by Crippen LogP contribution is 2.27. The van der Waals surface area contributed by atoms with Crippen LogP contribution in [-0.4, -0.2) is 19.6 Å². The van der Waals surface area contributed by atoms with Gasteiger partial charge in [0, 0.05) is 5.92 Å². The molecule has 2 atom stereocenters. The summed E-state index contributed by atoms with van der Waals surface area (Å²) in [6, 6.07) is 6.25. The zero-order chi connectivity index (χ0) is 13.1. The molecule has 92 valence electrons. The highest BCUT2D eigenvalue weighted by Gasteiger charge is 2.22. The van der Waals surface area contributed by atoms with Crippen molar-refractivity contribution in [2.45, 2.75) is 16.9 Å². The zero-order valence-corrected chi connectivity index (χ0v) is 10.1. The van der Waals surface area contributed by atoms with E-state index in [2.05, 4.69) is 13.2 Å². The van der Waals surface area contributed by atoms with E-state index >= 15 is 0 Å². The van der Waals surface area contributed by atoms with Crippen LogP contribution in [0.15, 0.2) is 54.5 Å². The van der Waals surface area contributed by atoms with Gasteiger partial charge in [-0.3, -0.25) is 0 Å². The number of nitrogens with two attached hydrogens (primary N) is 1. The highest BCUT2D eigenvalue weighted by atomic mass is 32.2. The fourth-order valence-corrected chi connectivity index (χ4v) is 2.41. The smallest absolute Gasteiger partial charge is 0.238 e. The number of benzene rings is 1. The maximum absolute atomic E-state index is 11.4. The molecule has 1 aromatic rings. The molecular formula is C12H15NO3S. The largest absolute Gasteiger partial charge is 0.388 e. The Morgan fingerprint density at radius 1 is 1.24 bits per heavy atom. The first kappa shape index (κ1) is 13.6. The van der Waals surface area contributed by atoms with Crippen LogP contribution in [0.5, 0.6) is 0 Å². The maximum Gasteiger partial charge on any atom is 0.238 e. The monoisotopic (exact) mass is 253 g/mol. The summed E-state index contributed by atoms with van der Waals surface area (Å²) in [5.74, 6) is -0.554. The SMILES string of the molecule is C=CC(O)C(C=C)c1ccccc1S(N)(=O)=O. The Labute approximate surface area is 101 Å². The molecule has 3 N–H and O–H groups in total. The Hall–Kier alpha value is -1.43. The molecule has 0 heterocycles. The molecule has 5 heteroatoms. The Balaban J connectivity index is 3.39. The van der Waals surface area contributed by atoms with Gasteiger partial charge in [0.1, 0.15) is 0 Å². The van der Waals surface area contributed by atoms with Crippen molar-refractivity contribution in [3.05, 3.63) is 55.1 Å². The lowest BCUT2D eigenvalue weighted by Gasteiger charge is -2.19. The first-order valence-corrected chi connectivity index (χ1v) is 6.51. The normalized spacial score (nSPS) is 14.9. The van der Waals surface area contributed by atoms with Gasteiger partial charge in [0.25, 0.3) is 0 Å². The zero-order valence-electron chi connectivity index (χ0n) is 9.28. The van der Waals surface area contributed by atoms with Crippen LogP contribution < -0.4 is 5.14 Å². The van der Waals surface area contributed by atoms with E-state index in [1.807, 2.05) is 0 Å². The summed E-state index contributed by atoms with van der Waals surface area (Å²) < 4.78 is 22.8. The minimum Gasteiger partial charge on any atom is -0.388 e. The molecule has 0 amide bonds. The van der Waals surface area contributed by atoms with Crippen LogP contribution in [0.2, 0.25) is 0 Å². The van der Waals surface area contributed by atoms with Crippen LogP contribution in [0.3, 0.4) is 0 Å². The molecule has 1 rings (SSSR count). The Bertz CT molecular complexity index is 522. The molecule has 0 saturated carbocycles. The van der Waals surface area contributed by atoms with Gasteiger partial charge in [-0.05, 0) is 11.6 Å². The van der Waals surface area contributed by atoms with Crippen LogP contribution >= 0.6 is 0 Å². The van der Waals surface area contributed by atoms with Crippen LogP contribution in [0, 0.1) is 0 Å². The lowest BCUT2D eigenvalue weighted by atomic mass is 9.93.